The molecular weight excluding hydrogens is 238 g/mol. The molecule has 1 aromatic heterocycles. The van der Waals surface area contributed by atoms with Crippen molar-refractivity contribution in [2.45, 2.75) is 25.8 Å². The van der Waals surface area contributed by atoms with Gasteiger partial charge in [0.2, 0.25) is 5.95 Å². The summed E-state index contributed by atoms with van der Waals surface area (Å²) >= 11 is 0. The predicted octanol–water partition coefficient (Wildman–Crippen LogP) is 3.03. The molecule has 0 unspecified atom stereocenters. The maximum atomic E-state index is 5.41. The van der Waals surface area contributed by atoms with E-state index in [2.05, 4.69) is 28.3 Å². The summed E-state index contributed by atoms with van der Waals surface area (Å²) in [6.45, 7) is 2.06. The lowest BCUT2D eigenvalue weighted by Gasteiger charge is -2.10. The molecule has 4 heteroatoms. The molecule has 0 radical (unpaired) electrons. The van der Waals surface area contributed by atoms with Crippen molar-refractivity contribution in [2.24, 2.45) is 0 Å². The molecule has 1 fully saturated rings. The van der Waals surface area contributed by atoms with Gasteiger partial charge in [0.15, 0.2) is 0 Å². The van der Waals surface area contributed by atoms with Gasteiger partial charge in [-0.1, -0.05) is 11.6 Å². The van der Waals surface area contributed by atoms with Gasteiger partial charge >= 0.3 is 0 Å². The van der Waals surface area contributed by atoms with Crippen LogP contribution in [0.1, 0.15) is 18.4 Å². The van der Waals surface area contributed by atoms with Gasteiger partial charge in [0, 0.05) is 17.8 Å². The summed E-state index contributed by atoms with van der Waals surface area (Å²) < 4.78 is 5.41. The number of nitrogens with one attached hydrogen (secondary N) is 1. The lowest BCUT2D eigenvalue weighted by Crippen LogP contribution is -2.05. The fourth-order valence-corrected chi connectivity index (χ4v) is 2.01. The number of aryl methyl sites for hydroxylation is 1. The zero-order valence-corrected chi connectivity index (χ0v) is 11.2. The molecule has 4 nitrogen and oxygen atoms in total. The molecule has 1 aromatic carbocycles. The van der Waals surface area contributed by atoms with Gasteiger partial charge in [0.25, 0.3) is 0 Å². The van der Waals surface area contributed by atoms with Crippen LogP contribution < -0.4 is 10.1 Å². The molecule has 0 aliphatic heterocycles. The molecule has 0 saturated heterocycles. The fourth-order valence-electron chi connectivity index (χ4n) is 2.01. The van der Waals surface area contributed by atoms with Crippen LogP contribution in [0.2, 0.25) is 0 Å². The van der Waals surface area contributed by atoms with Gasteiger partial charge < -0.3 is 10.1 Å². The number of benzene rings is 1. The van der Waals surface area contributed by atoms with Crippen molar-refractivity contribution in [3.05, 3.63) is 36.0 Å². The summed E-state index contributed by atoms with van der Waals surface area (Å²) in [6, 6.07) is 8.56. The third-order valence-electron chi connectivity index (χ3n) is 3.20. The SMILES string of the molecule is COc1ccc(C)cc1-c1ccnc(NC2CC2)n1. The summed E-state index contributed by atoms with van der Waals surface area (Å²) in [4.78, 5) is 8.83. The van der Waals surface area contributed by atoms with Crippen molar-refractivity contribution in [3.8, 4) is 17.0 Å². The zero-order chi connectivity index (χ0) is 13.2. The lowest BCUT2D eigenvalue weighted by molar-refractivity contribution is 0.416. The normalized spacial score (nSPS) is 14.2. The number of hydrogen-bond donors (Lipinski definition) is 1. The molecule has 0 atom stereocenters. The first-order chi connectivity index (χ1) is 9.26. The minimum Gasteiger partial charge on any atom is -0.496 e. The van der Waals surface area contributed by atoms with Crippen LogP contribution in [-0.4, -0.2) is 23.1 Å². The highest BCUT2D eigenvalue weighted by Crippen LogP contribution is 2.30. The van der Waals surface area contributed by atoms with Crippen LogP contribution >= 0.6 is 0 Å². The number of rotatable bonds is 4. The van der Waals surface area contributed by atoms with E-state index in [-0.39, 0.29) is 0 Å². The molecule has 1 heterocycles. The van der Waals surface area contributed by atoms with E-state index >= 15 is 0 Å². The summed E-state index contributed by atoms with van der Waals surface area (Å²) in [5.74, 6) is 1.53. The summed E-state index contributed by atoms with van der Waals surface area (Å²) in [5, 5.41) is 3.32. The van der Waals surface area contributed by atoms with E-state index < -0.39 is 0 Å². The Morgan fingerprint density at radius 3 is 2.84 bits per heavy atom. The van der Waals surface area contributed by atoms with E-state index in [1.54, 1.807) is 13.3 Å². The van der Waals surface area contributed by atoms with Crippen LogP contribution in [0.3, 0.4) is 0 Å². The summed E-state index contributed by atoms with van der Waals surface area (Å²) in [7, 11) is 1.68. The third-order valence-corrected chi connectivity index (χ3v) is 3.20. The zero-order valence-electron chi connectivity index (χ0n) is 11.2. The van der Waals surface area contributed by atoms with E-state index in [9.17, 15) is 0 Å². The van der Waals surface area contributed by atoms with Gasteiger partial charge in [0.1, 0.15) is 5.75 Å². The standard InChI is InChI=1S/C15H17N3O/c1-10-3-6-14(19-2)12(9-10)13-7-8-16-15(18-13)17-11-4-5-11/h3,6-9,11H,4-5H2,1-2H3,(H,16,17,18). The Bertz CT molecular complexity index is 594. The number of nitrogens with zero attached hydrogens (tertiary/aromatic N) is 2. The van der Waals surface area contributed by atoms with Crippen molar-refractivity contribution in [1.29, 1.82) is 0 Å². The van der Waals surface area contributed by atoms with E-state index in [1.807, 2.05) is 18.2 Å². The minimum absolute atomic E-state index is 0.551. The average molecular weight is 255 g/mol. The van der Waals surface area contributed by atoms with Crippen LogP contribution in [-0.2, 0) is 0 Å². The second kappa shape index (κ2) is 4.88. The molecular formula is C15H17N3O. The first-order valence-corrected chi connectivity index (χ1v) is 6.51. The Morgan fingerprint density at radius 1 is 1.26 bits per heavy atom. The highest BCUT2D eigenvalue weighted by atomic mass is 16.5. The van der Waals surface area contributed by atoms with Gasteiger partial charge in [-0.15, -0.1) is 0 Å². The Morgan fingerprint density at radius 2 is 2.11 bits per heavy atom. The summed E-state index contributed by atoms with van der Waals surface area (Å²) in [5.41, 5.74) is 3.08. The van der Waals surface area contributed by atoms with Gasteiger partial charge in [-0.05, 0) is 38.0 Å². The molecule has 98 valence electrons. The Kier molecular flexibility index (Phi) is 3.07. The molecule has 1 aliphatic carbocycles. The van der Waals surface area contributed by atoms with Gasteiger partial charge in [-0.25, -0.2) is 9.97 Å². The van der Waals surface area contributed by atoms with E-state index in [4.69, 9.17) is 4.74 Å². The van der Waals surface area contributed by atoms with Gasteiger partial charge in [0.05, 0.1) is 12.8 Å². The molecule has 3 rings (SSSR count). The van der Waals surface area contributed by atoms with Crippen LogP contribution in [0.5, 0.6) is 5.75 Å². The predicted molar refractivity (Wildman–Crippen MR) is 75.4 cm³/mol. The molecule has 2 aromatic rings. The van der Waals surface area contributed by atoms with Crippen molar-refractivity contribution in [1.82, 2.24) is 9.97 Å². The Balaban J connectivity index is 1.98. The number of methoxy groups -OCH3 is 1. The first-order valence-electron chi connectivity index (χ1n) is 6.51. The van der Waals surface area contributed by atoms with Crippen molar-refractivity contribution < 1.29 is 4.74 Å². The maximum Gasteiger partial charge on any atom is 0.223 e. The molecule has 0 spiro atoms. The van der Waals surface area contributed by atoms with Gasteiger partial charge in [-0.3, -0.25) is 0 Å². The first kappa shape index (κ1) is 12.0. The molecule has 0 amide bonds. The van der Waals surface area contributed by atoms with Gasteiger partial charge in [-0.2, -0.15) is 0 Å². The lowest BCUT2D eigenvalue weighted by atomic mass is 10.1. The van der Waals surface area contributed by atoms with Crippen LogP contribution in [0, 0.1) is 6.92 Å². The second-order valence-electron chi connectivity index (χ2n) is 4.89. The molecule has 1 saturated carbocycles. The number of aromatic nitrogens is 2. The van der Waals surface area contributed by atoms with Crippen LogP contribution in [0.4, 0.5) is 5.95 Å². The van der Waals surface area contributed by atoms with Crippen LogP contribution in [0.15, 0.2) is 30.5 Å². The number of ether oxygens (including phenoxy) is 1. The number of anilines is 1. The topological polar surface area (TPSA) is 47.0 Å². The van der Waals surface area contributed by atoms with Crippen molar-refractivity contribution in [3.63, 3.8) is 0 Å². The van der Waals surface area contributed by atoms with E-state index in [0.717, 1.165) is 17.0 Å². The van der Waals surface area contributed by atoms with E-state index in [1.165, 1.54) is 18.4 Å². The van der Waals surface area contributed by atoms with Crippen LogP contribution in [0.25, 0.3) is 11.3 Å². The van der Waals surface area contributed by atoms with Crippen molar-refractivity contribution >= 4 is 5.95 Å². The molecule has 1 aliphatic rings. The Labute approximate surface area is 112 Å². The van der Waals surface area contributed by atoms with E-state index in [0.29, 0.717) is 12.0 Å². The smallest absolute Gasteiger partial charge is 0.223 e. The molecule has 19 heavy (non-hydrogen) atoms. The Hall–Kier alpha value is -2.10. The number of hydrogen-bond acceptors (Lipinski definition) is 4. The average Bonchev–Trinajstić information content (AvgIpc) is 3.23. The molecule has 1 N–H and O–H groups in total. The third kappa shape index (κ3) is 2.67. The molecule has 0 bridgehead atoms. The fraction of sp³-hybridized carbons (Fsp3) is 0.333. The maximum absolute atomic E-state index is 5.41. The quantitative estimate of drug-likeness (QED) is 0.912. The minimum atomic E-state index is 0.551. The van der Waals surface area contributed by atoms with Crippen molar-refractivity contribution in [2.75, 3.05) is 12.4 Å². The largest absolute Gasteiger partial charge is 0.496 e. The highest BCUT2D eigenvalue weighted by Gasteiger charge is 2.22. The summed E-state index contributed by atoms with van der Waals surface area (Å²) in [6.07, 6.45) is 4.21. The highest BCUT2D eigenvalue weighted by molar-refractivity contribution is 5.68. The monoisotopic (exact) mass is 255 g/mol. The second-order valence-corrected chi connectivity index (χ2v) is 4.89.